The van der Waals surface area contributed by atoms with Crippen molar-refractivity contribution >= 4 is 24.9 Å². The van der Waals surface area contributed by atoms with Crippen molar-refractivity contribution in [3.05, 3.63) is 102 Å². The Morgan fingerprint density at radius 3 is 1.50 bits per heavy atom. The minimum Gasteiger partial charge on any atom is -0.0656 e. The smallest absolute Gasteiger partial charge is 0.0656 e. The monoisotopic (exact) mass is 328 g/mol. The zero-order chi connectivity index (χ0) is 17.0. The summed E-state index contributed by atoms with van der Waals surface area (Å²) in [6.07, 6.45) is 2.29. The normalized spacial score (nSPS) is 11.1. The predicted molar refractivity (Wildman–Crippen MR) is 109 cm³/mol. The molecule has 0 aliphatic rings. The van der Waals surface area contributed by atoms with Crippen molar-refractivity contribution in [2.45, 2.75) is 19.6 Å². The second-order valence-corrected chi connectivity index (χ2v) is 12.2. The topological polar surface area (TPSA) is 0 Å². The van der Waals surface area contributed by atoms with Crippen molar-refractivity contribution in [2.24, 2.45) is 0 Å². The lowest BCUT2D eigenvalue weighted by Gasteiger charge is -2.16. The first kappa shape index (κ1) is 16.5. The summed E-state index contributed by atoms with van der Waals surface area (Å²) in [6, 6.07) is 30.3. The molecule has 0 nitrogen and oxygen atoms in total. The van der Waals surface area contributed by atoms with E-state index in [4.69, 9.17) is 0 Å². The minimum absolute atomic E-state index is 1.24. The van der Waals surface area contributed by atoms with Crippen molar-refractivity contribution in [2.75, 3.05) is 0 Å². The third-order valence-corrected chi connectivity index (χ3v) is 6.32. The first-order valence-corrected chi connectivity index (χ1v) is 12.0. The van der Waals surface area contributed by atoms with Gasteiger partial charge in [-0.1, -0.05) is 110 Å². The maximum atomic E-state index is 2.39. The predicted octanol–water partition coefficient (Wildman–Crippen LogP) is 5.82. The van der Waals surface area contributed by atoms with Gasteiger partial charge in [-0.25, -0.2) is 0 Å². The third kappa shape index (κ3) is 3.93. The molecule has 1 heteroatoms. The molecule has 24 heavy (non-hydrogen) atoms. The zero-order valence-corrected chi connectivity index (χ0v) is 15.7. The van der Waals surface area contributed by atoms with E-state index in [0.717, 1.165) is 0 Å². The van der Waals surface area contributed by atoms with Crippen LogP contribution in [0.2, 0.25) is 19.6 Å². The highest BCUT2D eigenvalue weighted by Crippen LogP contribution is 2.25. The summed E-state index contributed by atoms with van der Waals surface area (Å²) in [4.78, 5) is 0. The summed E-state index contributed by atoms with van der Waals surface area (Å²) in [7, 11) is -1.24. The van der Waals surface area contributed by atoms with Crippen molar-refractivity contribution in [3.8, 4) is 0 Å². The van der Waals surface area contributed by atoms with Crippen LogP contribution in [0, 0.1) is 0 Å². The molecule has 0 aliphatic carbocycles. The first-order chi connectivity index (χ1) is 11.5. The van der Waals surface area contributed by atoms with Gasteiger partial charge in [-0.2, -0.15) is 0 Å². The highest BCUT2D eigenvalue weighted by atomic mass is 28.3. The first-order valence-electron chi connectivity index (χ1n) is 8.47. The van der Waals surface area contributed by atoms with Crippen LogP contribution in [-0.4, -0.2) is 8.07 Å². The lowest BCUT2D eigenvalue weighted by atomic mass is 9.96. The summed E-state index contributed by atoms with van der Waals surface area (Å²) in [5.41, 5.74) is 5.01. The van der Waals surface area contributed by atoms with Crippen LogP contribution in [0.3, 0.4) is 0 Å². The van der Waals surface area contributed by atoms with Crippen LogP contribution in [0.25, 0.3) is 11.6 Å². The lowest BCUT2D eigenvalue weighted by Crippen LogP contribution is -2.37. The SMILES string of the molecule is C[Si](C)(C)c1ccc(C=C(c2ccccc2)c2ccccc2)cc1. The van der Waals surface area contributed by atoms with Crippen LogP contribution >= 0.6 is 0 Å². The molecule has 3 rings (SSSR count). The molecule has 0 amide bonds. The summed E-state index contributed by atoms with van der Waals surface area (Å²) in [6.45, 7) is 7.16. The van der Waals surface area contributed by atoms with Gasteiger partial charge in [0.05, 0.1) is 8.07 Å². The average Bonchev–Trinajstić information content (AvgIpc) is 2.61. The fourth-order valence-electron chi connectivity index (χ4n) is 2.81. The van der Waals surface area contributed by atoms with E-state index in [0.29, 0.717) is 0 Å². The van der Waals surface area contributed by atoms with Crippen LogP contribution in [0.15, 0.2) is 84.9 Å². The molecule has 0 N–H and O–H groups in total. The molecule has 0 aliphatic heterocycles. The maximum absolute atomic E-state index is 2.39. The number of hydrogen-bond donors (Lipinski definition) is 0. The molecule has 120 valence electrons. The Hall–Kier alpha value is -2.38. The van der Waals surface area contributed by atoms with E-state index in [1.165, 1.54) is 27.5 Å². The Morgan fingerprint density at radius 2 is 1.08 bits per heavy atom. The summed E-state index contributed by atoms with van der Waals surface area (Å²) < 4.78 is 0. The van der Waals surface area contributed by atoms with Gasteiger partial charge in [0.1, 0.15) is 0 Å². The van der Waals surface area contributed by atoms with Gasteiger partial charge in [0.25, 0.3) is 0 Å². The Labute approximate surface area is 146 Å². The van der Waals surface area contributed by atoms with Crippen molar-refractivity contribution in [3.63, 3.8) is 0 Å². The Kier molecular flexibility index (Phi) is 4.82. The number of benzene rings is 3. The van der Waals surface area contributed by atoms with Crippen LogP contribution in [0.1, 0.15) is 16.7 Å². The Bertz CT molecular complexity index is 766. The molecular formula is C23H24Si. The summed E-state index contributed by atoms with van der Waals surface area (Å²) in [5.74, 6) is 0. The highest BCUT2D eigenvalue weighted by molar-refractivity contribution is 6.88. The van der Waals surface area contributed by atoms with Gasteiger partial charge in [0.15, 0.2) is 0 Å². The van der Waals surface area contributed by atoms with Gasteiger partial charge in [-0.05, 0) is 28.3 Å². The van der Waals surface area contributed by atoms with Gasteiger partial charge < -0.3 is 0 Å². The fourth-order valence-corrected chi connectivity index (χ4v) is 3.98. The minimum atomic E-state index is -1.24. The van der Waals surface area contributed by atoms with E-state index in [2.05, 4.69) is 111 Å². The molecule has 0 spiro atoms. The van der Waals surface area contributed by atoms with Gasteiger partial charge >= 0.3 is 0 Å². The highest BCUT2D eigenvalue weighted by Gasteiger charge is 2.15. The summed E-state index contributed by atoms with van der Waals surface area (Å²) in [5, 5.41) is 1.50. The molecule has 3 aromatic carbocycles. The number of rotatable bonds is 4. The van der Waals surface area contributed by atoms with E-state index < -0.39 is 8.07 Å². The quantitative estimate of drug-likeness (QED) is 0.418. The van der Waals surface area contributed by atoms with Crippen LogP contribution < -0.4 is 5.19 Å². The molecule has 0 aromatic heterocycles. The molecule has 0 atom stereocenters. The van der Waals surface area contributed by atoms with Crippen molar-refractivity contribution in [1.82, 2.24) is 0 Å². The molecular weight excluding hydrogens is 304 g/mol. The van der Waals surface area contributed by atoms with E-state index in [1.54, 1.807) is 0 Å². The lowest BCUT2D eigenvalue weighted by molar-refractivity contribution is 1.55. The van der Waals surface area contributed by atoms with Crippen molar-refractivity contribution < 1.29 is 0 Å². The molecule has 0 heterocycles. The van der Waals surface area contributed by atoms with Gasteiger partial charge in [0, 0.05) is 0 Å². The maximum Gasteiger partial charge on any atom is 0.0775 e. The number of hydrogen-bond acceptors (Lipinski definition) is 0. The van der Waals surface area contributed by atoms with E-state index in [-0.39, 0.29) is 0 Å². The van der Waals surface area contributed by atoms with Crippen LogP contribution in [0.4, 0.5) is 0 Å². The molecule has 0 saturated carbocycles. The van der Waals surface area contributed by atoms with Gasteiger partial charge in [-0.15, -0.1) is 0 Å². The van der Waals surface area contributed by atoms with Crippen LogP contribution in [-0.2, 0) is 0 Å². The van der Waals surface area contributed by atoms with Crippen molar-refractivity contribution in [1.29, 1.82) is 0 Å². The third-order valence-electron chi connectivity index (χ3n) is 4.26. The fraction of sp³-hybridized carbons (Fsp3) is 0.130. The largest absolute Gasteiger partial charge is 0.0775 e. The standard InChI is InChI=1S/C23H24Si/c1-24(2,3)22-16-14-19(15-17-22)18-23(20-10-6-4-7-11-20)21-12-8-5-9-13-21/h4-18H,1-3H3. The van der Waals surface area contributed by atoms with E-state index >= 15 is 0 Å². The Morgan fingerprint density at radius 1 is 0.625 bits per heavy atom. The molecule has 0 saturated heterocycles. The molecule has 0 radical (unpaired) electrons. The van der Waals surface area contributed by atoms with E-state index in [1.807, 2.05) is 0 Å². The van der Waals surface area contributed by atoms with Gasteiger partial charge in [0.2, 0.25) is 0 Å². The second-order valence-electron chi connectivity index (χ2n) is 7.16. The molecule has 0 bridgehead atoms. The summed E-state index contributed by atoms with van der Waals surface area (Å²) >= 11 is 0. The van der Waals surface area contributed by atoms with E-state index in [9.17, 15) is 0 Å². The average molecular weight is 329 g/mol. The zero-order valence-electron chi connectivity index (χ0n) is 14.7. The molecule has 0 fully saturated rings. The van der Waals surface area contributed by atoms with Gasteiger partial charge in [-0.3, -0.25) is 0 Å². The molecule has 0 unspecified atom stereocenters. The molecule has 3 aromatic rings. The van der Waals surface area contributed by atoms with Crippen LogP contribution in [0.5, 0.6) is 0 Å². The second kappa shape index (κ2) is 7.02. The Balaban J connectivity index is 2.04.